The number of carbonyl (C=O) groups is 2. The molecule has 0 radical (unpaired) electrons. The third-order valence-electron chi connectivity index (χ3n) is 2.88. The van der Waals surface area contributed by atoms with Crippen LogP contribution in [0.2, 0.25) is 0 Å². The van der Waals surface area contributed by atoms with Gasteiger partial charge in [0.05, 0.1) is 6.61 Å². The van der Waals surface area contributed by atoms with Crippen molar-refractivity contribution in [3.8, 4) is 0 Å². The fraction of sp³-hybridized carbons (Fsp3) is 0.800. The zero-order valence-corrected chi connectivity index (χ0v) is 9.32. The Morgan fingerprint density at radius 2 is 1.73 bits per heavy atom. The molecule has 0 aromatic rings. The summed E-state index contributed by atoms with van der Waals surface area (Å²) in [5, 5.41) is 18.2. The maximum Gasteiger partial charge on any atom is 0.321 e. The fourth-order valence-electron chi connectivity index (χ4n) is 1.84. The Hall–Kier alpha value is -1.10. The predicted molar refractivity (Wildman–Crippen MR) is 53.7 cm³/mol. The molecule has 88 valence electrons. The molecule has 0 aliphatic rings. The highest BCUT2D eigenvalue weighted by atomic mass is 16.5. The van der Waals surface area contributed by atoms with E-state index in [1.54, 1.807) is 13.8 Å². The van der Waals surface area contributed by atoms with Crippen LogP contribution in [-0.2, 0) is 14.3 Å². The third kappa shape index (κ3) is 2.47. The van der Waals surface area contributed by atoms with Crippen LogP contribution in [0, 0.1) is 11.3 Å². The van der Waals surface area contributed by atoms with Crippen molar-refractivity contribution in [3.05, 3.63) is 0 Å². The van der Waals surface area contributed by atoms with Crippen LogP contribution in [0.3, 0.4) is 0 Å². The number of carboxylic acid groups (broad SMARTS) is 2. The van der Waals surface area contributed by atoms with Crippen molar-refractivity contribution in [1.82, 2.24) is 0 Å². The molecule has 0 spiro atoms. The summed E-state index contributed by atoms with van der Waals surface area (Å²) in [7, 11) is 1.44. The van der Waals surface area contributed by atoms with Crippen LogP contribution in [0.25, 0.3) is 0 Å². The van der Waals surface area contributed by atoms with Crippen molar-refractivity contribution in [2.24, 2.45) is 11.3 Å². The Morgan fingerprint density at radius 1 is 1.27 bits per heavy atom. The molecule has 1 unspecified atom stereocenters. The van der Waals surface area contributed by atoms with Crippen molar-refractivity contribution in [2.75, 3.05) is 13.7 Å². The molecule has 5 heteroatoms. The molecule has 0 aromatic heterocycles. The maximum atomic E-state index is 11.1. The largest absolute Gasteiger partial charge is 0.480 e. The van der Waals surface area contributed by atoms with Gasteiger partial charge in [0, 0.05) is 13.0 Å². The minimum atomic E-state index is -1.73. The van der Waals surface area contributed by atoms with Crippen LogP contribution in [0.15, 0.2) is 0 Å². The van der Waals surface area contributed by atoms with E-state index in [1.165, 1.54) is 7.11 Å². The van der Waals surface area contributed by atoms with Crippen molar-refractivity contribution in [3.63, 3.8) is 0 Å². The molecule has 0 rings (SSSR count). The zero-order chi connectivity index (χ0) is 12.1. The summed E-state index contributed by atoms with van der Waals surface area (Å²) in [6.45, 7) is 3.48. The fourth-order valence-corrected chi connectivity index (χ4v) is 1.84. The second-order valence-electron chi connectivity index (χ2n) is 3.50. The average Bonchev–Trinajstić information content (AvgIpc) is 2.17. The molecule has 15 heavy (non-hydrogen) atoms. The number of methoxy groups -OCH3 is 1. The normalized spacial score (nSPS) is 13.5. The summed E-state index contributed by atoms with van der Waals surface area (Å²) in [6, 6.07) is 0. The van der Waals surface area contributed by atoms with Gasteiger partial charge in [-0.25, -0.2) is 0 Å². The van der Waals surface area contributed by atoms with Crippen LogP contribution >= 0.6 is 0 Å². The molecule has 0 saturated carbocycles. The first kappa shape index (κ1) is 13.9. The molecule has 0 aliphatic heterocycles. The maximum absolute atomic E-state index is 11.1. The minimum absolute atomic E-state index is 0.0551. The lowest BCUT2D eigenvalue weighted by atomic mass is 9.72. The van der Waals surface area contributed by atoms with Gasteiger partial charge in [-0.15, -0.1) is 0 Å². The van der Waals surface area contributed by atoms with Gasteiger partial charge in [-0.2, -0.15) is 0 Å². The van der Waals surface area contributed by atoms with Crippen molar-refractivity contribution in [1.29, 1.82) is 0 Å². The van der Waals surface area contributed by atoms with Gasteiger partial charge in [0.1, 0.15) is 0 Å². The topological polar surface area (TPSA) is 83.8 Å². The SMILES string of the molecule is CCC(COC)C(CC)(C(=O)O)C(=O)O. The Kier molecular flexibility index (Phi) is 5.28. The molecule has 0 aromatic carbocycles. The van der Waals surface area contributed by atoms with Gasteiger partial charge >= 0.3 is 11.9 Å². The average molecular weight is 218 g/mol. The van der Waals surface area contributed by atoms with E-state index in [0.29, 0.717) is 6.42 Å². The summed E-state index contributed by atoms with van der Waals surface area (Å²) < 4.78 is 4.88. The van der Waals surface area contributed by atoms with Crippen molar-refractivity contribution in [2.45, 2.75) is 26.7 Å². The van der Waals surface area contributed by atoms with Crippen LogP contribution < -0.4 is 0 Å². The number of rotatable bonds is 7. The predicted octanol–water partition coefficient (Wildman–Crippen LogP) is 1.22. The van der Waals surface area contributed by atoms with Gasteiger partial charge in [-0.3, -0.25) is 9.59 Å². The van der Waals surface area contributed by atoms with E-state index in [2.05, 4.69) is 0 Å². The number of ether oxygens (including phenoxy) is 1. The molecular weight excluding hydrogens is 200 g/mol. The standard InChI is InChI=1S/C10H18O5/c1-4-7(6-15-3)10(5-2,8(11)12)9(13)14/h7H,4-6H2,1-3H3,(H,11,12)(H,13,14). The van der Waals surface area contributed by atoms with Gasteiger partial charge in [0.15, 0.2) is 5.41 Å². The van der Waals surface area contributed by atoms with E-state index in [9.17, 15) is 9.59 Å². The Labute approximate surface area is 89.0 Å². The smallest absolute Gasteiger partial charge is 0.321 e. The molecule has 0 bridgehead atoms. The molecule has 0 saturated heterocycles. The summed E-state index contributed by atoms with van der Waals surface area (Å²) in [4.78, 5) is 22.3. The summed E-state index contributed by atoms with van der Waals surface area (Å²) >= 11 is 0. The van der Waals surface area contributed by atoms with Crippen molar-refractivity contribution >= 4 is 11.9 Å². The van der Waals surface area contributed by atoms with Gasteiger partial charge in [-0.1, -0.05) is 13.8 Å². The first-order valence-corrected chi connectivity index (χ1v) is 4.93. The lowest BCUT2D eigenvalue weighted by molar-refractivity contribution is -0.171. The number of hydrogen-bond donors (Lipinski definition) is 2. The van der Waals surface area contributed by atoms with Crippen LogP contribution in [0.1, 0.15) is 26.7 Å². The van der Waals surface area contributed by atoms with E-state index in [4.69, 9.17) is 14.9 Å². The lowest BCUT2D eigenvalue weighted by Gasteiger charge is -2.31. The Morgan fingerprint density at radius 3 is 1.93 bits per heavy atom. The number of aliphatic carboxylic acids is 2. The molecule has 2 N–H and O–H groups in total. The van der Waals surface area contributed by atoms with E-state index in [-0.39, 0.29) is 13.0 Å². The Bertz CT molecular complexity index is 222. The van der Waals surface area contributed by atoms with E-state index < -0.39 is 23.3 Å². The monoisotopic (exact) mass is 218 g/mol. The van der Waals surface area contributed by atoms with Gasteiger partial charge < -0.3 is 14.9 Å². The van der Waals surface area contributed by atoms with E-state index in [0.717, 1.165) is 0 Å². The quantitative estimate of drug-likeness (QED) is 0.628. The summed E-state index contributed by atoms with van der Waals surface area (Å²) in [5.41, 5.74) is -1.73. The van der Waals surface area contributed by atoms with Crippen molar-refractivity contribution < 1.29 is 24.5 Å². The molecule has 0 fully saturated rings. The lowest BCUT2D eigenvalue weighted by Crippen LogP contribution is -2.46. The summed E-state index contributed by atoms with van der Waals surface area (Å²) in [6.07, 6.45) is 0.514. The Balaban J connectivity index is 5.20. The molecule has 0 heterocycles. The second kappa shape index (κ2) is 5.70. The first-order chi connectivity index (χ1) is 6.97. The van der Waals surface area contributed by atoms with Crippen LogP contribution in [-0.4, -0.2) is 35.9 Å². The highest BCUT2D eigenvalue weighted by molar-refractivity contribution is 5.98. The molecule has 1 atom stereocenters. The van der Waals surface area contributed by atoms with Crippen LogP contribution in [0.5, 0.6) is 0 Å². The zero-order valence-electron chi connectivity index (χ0n) is 9.32. The highest BCUT2D eigenvalue weighted by Gasteiger charge is 2.50. The van der Waals surface area contributed by atoms with E-state index in [1.807, 2.05) is 0 Å². The number of hydrogen-bond acceptors (Lipinski definition) is 3. The highest BCUT2D eigenvalue weighted by Crippen LogP contribution is 2.35. The third-order valence-corrected chi connectivity index (χ3v) is 2.88. The minimum Gasteiger partial charge on any atom is -0.480 e. The second-order valence-corrected chi connectivity index (χ2v) is 3.50. The van der Waals surface area contributed by atoms with Gasteiger partial charge in [-0.05, 0) is 12.8 Å². The van der Waals surface area contributed by atoms with Gasteiger partial charge in [0.25, 0.3) is 0 Å². The number of carboxylic acids is 2. The van der Waals surface area contributed by atoms with Crippen LogP contribution in [0.4, 0.5) is 0 Å². The molecule has 0 aliphatic carbocycles. The molecule has 0 amide bonds. The van der Waals surface area contributed by atoms with Gasteiger partial charge in [0.2, 0.25) is 0 Å². The van der Waals surface area contributed by atoms with E-state index >= 15 is 0 Å². The summed E-state index contributed by atoms with van der Waals surface area (Å²) in [5.74, 6) is -3.09. The first-order valence-electron chi connectivity index (χ1n) is 4.93. The molecular formula is C10H18O5. The molecule has 5 nitrogen and oxygen atoms in total.